The van der Waals surface area contributed by atoms with Crippen molar-refractivity contribution in [3.05, 3.63) is 94.5 Å². The summed E-state index contributed by atoms with van der Waals surface area (Å²) >= 11 is 5.89. The van der Waals surface area contributed by atoms with Crippen LogP contribution in [-0.2, 0) is 6.61 Å². The number of ether oxygens (including phenoxy) is 1. The molecule has 0 saturated carbocycles. The van der Waals surface area contributed by atoms with Gasteiger partial charge in [-0.05, 0) is 61.0 Å². The minimum Gasteiger partial charge on any atom is -0.488 e. The second-order valence-corrected chi connectivity index (χ2v) is 6.44. The number of halogens is 1. The Labute approximate surface area is 162 Å². The number of amides is 1. The van der Waals surface area contributed by atoms with Crippen LogP contribution in [0.4, 0.5) is 5.69 Å². The Morgan fingerprint density at radius 2 is 1.59 bits per heavy atom. The van der Waals surface area contributed by atoms with Crippen molar-refractivity contribution in [2.24, 2.45) is 0 Å². The fourth-order valence-electron chi connectivity index (χ4n) is 2.51. The van der Waals surface area contributed by atoms with Gasteiger partial charge in [-0.15, -0.1) is 0 Å². The predicted octanol–water partition coefficient (Wildman–Crippen LogP) is 5.37. The van der Waals surface area contributed by atoms with Crippen LogP contribution in [0.3, 0.4) is 0 Å². The molecule has 0 atom stereocenters. The van der Waals surface area contributed by atoms with Gasteiger partial charge in [0.05, 0.1) is 5.56 Å². The van der Waals surface area contributed by atoms with E-state index in [1.807, 2.05) is 18.2 Å². The van der Waals surface area contributed by atoms with Crippen molar-refractivity contribution in [2.75, 3.05) is 5.32 Å². The maximum absolute atomic E-state index is 12.6. The molecule has 3 aromatic rings. The predicted molar refractivity (Wildman–Crippen MR) is 107 cm³/mol. The number of hydrogen-bond acceptors (Lipinski definition) is 3. The molecule has 0 spiro atoms. The third kappa shape index (κ3) is 4.96. The van der Waals surface area contributed by atoms with Crippen molar-refractivity contribution < 1.29 is 14.3 Å². The highest BCUT2D eigenvalue weighted by molar-refractivity contribution is 6.30. The molecule has 5 heteroatoms. The number of anilines is 1. The molecule has 0 aliphatic rings. The standard InChI is InChI=1S/C22H18ClNO3/c1-15(25)17-8-12-19(13-9-17)24-22(26)20-4-2-3-5-21(20)27-14-16-6-10-18(23)11-7-16/h2-13H,14H2,1H3,(H,24,26). The lowest BCUT2D eigenvalue weighted by Crippen LogP contribution is -2.13. The number of nitrogens with one attached hydrogen (secondary N) is 1. The largest absolute Gasteiger partial charge is 0.488 e. The fraction of sp³-hybridized carbons (Fsp3) is 0.0909. The van der Waals surface area contributed by atoms with Crippen LogP contribution < -0.4 is 10.1 Å². The highest BCUT2D eigenvalue weighted by Gasteiger charge is 2.13. The second kappa shape index (κ2) is 8.52. The lowest BCUT2D eigenvalue weighted by atomic mass is 10.1. The smallest absolute Gasteiger partial charge is 0.259 e. The molecule has 3 aromatic carbocycles. The summed E-state index contributed by atoms with van der Waals surface area (Å²) < 4.78 is 5.82. The first-order chi connectivity index (χ1) is 13.0. The first kappa shape index (κ1) is 18.7. The number of para-hydroxylation sites is 1. The number of ketones is 1. The molecule has 0 unspecified atom stereocenters. The maximum Gasteiger partial charge on any atom is 0.259 e. The van der Waals surface area contributed by atoms with E-state index in [4.69, 9.17) is 16.3 Å². The maximum atomic E-state index is 12.6. The highest BCUT2D eigenvalue weighted by Crippen LogP contribution is 2.22. The molecule has 0 heterocycles. The van der Waals surface area contributed by atoms with Gasteiger partial charge < -0.3 is 10.1 Å². The number of rotatable bonds is 6. The van der Waals surface area contributed by atoms with E-state index < -0.39 is 0 Å². The molecule has 0 aromatic heterocycles. The molecule has 0 aliphatic carbocycles. The second-order valence-electron chi connectivity index (χ2n) is 6.00. The van der Waals surface area contributed by atoms with Gasteiger partial charge in [-0.1, -0.05) is 35.9 Å². The average molecular weight is 380 g/mol. The van der Waals surface area contributed by atoms with E-state index in [0.717, 1.165) is 5.56 Å². The molecule has 0 bridgehead atoms. The van der Waals surface area contributed by atoms with E-state index in [0.29, 0.717) is 34.2 Å². The van der Waals surface area contributed by atoms with Crippen LogP contribution in [0.1, 0.15) is 33.2 Å². The summed E-state index contributed by atoms with van der Waals surface area (Å²) in [6.45, 7) is 1.83. The Morgan fingerprint density at radius 3 is 2.26 bits per heavy atom. The van der Waals surface area contributed by atoms with Crippen LogP contribution in [-0.4, -0.2) is 11.7 Å². The highest BCUT2D eigenvalue weighted by atomic mass is 35.5. The minimum atomic E-state index is -0.280. The number of benzene rings is 3. The molecule has 1 amide bonds. The lowest BCUT2D eigenvalue weighted by molar-refractivity contribution is 0.101. The Morgan fingerprint density at radius 1 is 0.926 bits per heavy atom. The summed E-state index contributed by atoms with van der Waals surface area (Å²) in [7, 11) is 0. The summed E-state index contributed by atoms with van der Waals surface area (Å²) in [5, 5.41) is 3.48. The van der Waals surface area contributed by atoms with Crippen LogP contribution in [0.2, 0.25) is 5.02 Å². The zero-order valence-corrected chi connectivity index (χ0v) is 15.5. The van der Waals surface area contributed by atoms with Gasteiger partial charge in [-0.3, -0.25) is 9.59 Å². The molecular weight excluding hydrogens is 362 g/mol. The average Bonchev–Trinajstić information content (AvgIpc) is 2.68. The molecular formula is C22H18ClNO3. The van der Waals surface area contributed by atoms with Crippen LogP contribution in [0, 0.1) is 0 Å². The molecule has 0 fully saturated rings. The van der Waals surface area contributed by atoms with Crippen molar-refractivity contribution in [1.82, 2.24) is 0 Å². The Hall–Kier alpha value is -3.11. The van der Waals surface area contributed by atoms with Crippen LogP contribution >= 0.6 is 11.6 Å². The van der Waals surface area contributed by atoms with Gasteiger partial charge in [-0.25, -0.2) is 0 Å². The minimum absolute atomic E-state index is 0.0196. The lowest BCUT2D eigenvalue weighted by Gasteiger charge is -2.12. The van der Waals surface area contributed by atoms with Crippen molar-refractivity contribution in [1.29, 1.82) is 0 Å². The molecule has 0 saturated heterocycles. The van der Waals surface area contributed by atoms with Gasteiger partial charge in [0.15, 0.2) is 5.78 Å². The van der Waals surface area contributed by atoms with Crippen LogP contribution in [0.25, 0.3) is 0 Å². The summed E-state index contributed by atoms with van der Waals surface area (Å²) in [5.41, 5.74) is 2.59. The Kier molecular flexibility index (Phi) is 5.89. The molecule has 27 heavy (non-hydrogen) atoms. The van der Waals surface area contributed by atoms with Crippen molar-refractivity contribution >= 4 is 29.0 Å². The molecule has 1 N–H and O–H groups in total. The number of carbonyl (C=O) groups excluding carboxylic acids is 2. The van der Waals surface area contributed by atoms with Gasteiger partial charge >= 0.3 is 0 Å². The van der Waals surface area contributed by atoms with Crippen molar-refractivity contribution in [3.8, 4) is 5.75 Å². The SMILES string of the molecule is CC(=O)c1ccc(NC(=O)c2ccccc2OCc2ccc(Cl)cc2)cc1. The summed E-state index contributed by atoms with van der Waals surface area (Å²) in [4.78, 5) is 24.0. The van der Waals surface area contributed by atoms with Gasteiger partial charge in [-0.2, -0.15) is 0 Å². The van der Waals surface area contributed by atoms with Gasteiger partial charge in [0.25, 0.3) is 5.91 Å². The number of Topliss-reactive ketones (excluding diaryl/α,β-unsaturated/α-hetero) is 1. The topological polar surface area (TPSA) is 55.4 Å². The number of carbonyl (C=O) groups is 2. The fourth-order valence-corrected chi connectivity index (χ4v) is 2.63. The monoisotopic (exact) mass is 379 g/mol. The molecule has 3 rings (SSSR count). The quantitative estimate of drug-likeness (QED) is 0.585. The summed E-state index contributed by atoms with van der Waals surface area (Å²) in [6.07, 6.45) is 0. The Balaban J connectivity index is 1.71. The molecule has 4 nitrogen and oxygen atoms in total. The van der Waals surface area contributed by atoms with Crippen molar-refractivity contribution in [2.45, 2.75) is 13.5 Å². The van der Waals surface area contributed by atoms with E-state index in [2.05, 4.69) is 5.32 Å². The van der Waals surface area contributed by atoms with E-state index in [9.17, 15) is 9.59 Å². The van der Waals surface area contributed by atoms with E-state index in [-0.39, 0.29) is 11.7 Å². The Bertz CT molecular complexity index is 950. The molecule has 136 valence electrons. The van der Waals surface area contributed by atoms with Crippen LogP contribution in [0.15, 0.2) is 72.8 Å². The number of hydrogen-bond donors (Lipinski definition) is 1. The van der Waals surface area contributed by atoms with E-state index >= 15 is 0 Å². The van der Waals surface area contributed by atoms with Gasteiger partial charge in [0.1, 0.15) is 12.4 Å². The van der Waals surface area contributed by atoms with E-state index in [1.165, 1.54) is 6.92 Å². The molecule has 0 aliphatic heterocycles. The summed E-state index contributed by atoms with van der Waals surface area (Å²) in [5.74, 6) is 0.191. The van der Waals surface area contributed by atoms with Crippen molar-refractivity contribution in [3.63, 3.8) is 0 Å². The normalized spacial score (nSPS) is 10.3. The summed E-state index contributed by atoms with van der Waals surface area (Å²) in [6, 6.07) is 21.2. The van der Waals surface area contributed by atoms with E-state index in [1.54, 1.807) is 54.6 Å². The van der Waals surface area contributed by atoms with Gasteiger partial charge in [0, 0.05) is 16.3 Å². The zero-order chi connectivity index (χ0) is 19.2. The van der Waals surface area contributed by atoms with Crippen LogP contribution in [0.5, 0.6) is 5.75 Å². The molecule has 0 radical (unpaired) electrons. The third-order valence-electron chi connectivity index (χ3n) is 3.99. The first-order valence-electron chi connectivity index (χ1n) is 8.41. The first-order valence-corrected chi connectivity index (χ1v) is 8.79. The third-order valence-corrected chi connectivity index (χ3v) is 4.24. The zero-order valence-electron chi connectivity index (χ0n) is 14.7. The van der Waals surface area contributed by atoms with Gasteiger partial charge in [0.2, 0.25) is 0 Å².